The number of esters is 1. The molecule has 2 aromatic rings. The molecular weight excluding hydrogens is 510 g/mol. The van der Waals surface area contributed by atoms with E-state index in [1.807, 2.05) is 0 Å². The molecule has 1 aromatic heterocycles. The van der Waals surface area contributed by atoms with Crippen LogP contribution in [0.3, 0.4) is 0 Å². The van der Waals surface area contributed by atoms with Crippen molar-refractivity contribution in [1.82, 2.24) is 10.2 Å². The summed E-state index contributed by atoms with van der Waals surface area (Å²) in [6, 6.07) is 6.36. The lowest BCUT2D eigenvalue weighted by molar-refractivity contribution is -0.386. The lowest BCUT2D eigenvalue weighted by Gasteiger charge is -2.49. The number of carboxylic acid groups (broad SMARTS) is 1. The van der Waals surface area contributed by atoms with Gasteiger partial charge in [0.15, 0.2) is 11.5 Å². The minimum absolute atomic E-state index is 0.0443. The van der Waals surface area contributed by atoms with Crippen molar-refractivity contribution in [2.24, 2.45) is 0 Å². The number of aryl methyl sites for hydroxylation is 1. The quantitative estimate of drug-likeness (QED) is 0.209. The summed E-state index contributed by atoms with van der Waals surface area (Å²) >= 11 is 1.23. The third-order valence-corrected chi connectivity index (χ3v) is 6.89. The van der Waals surface area contributed by atoms with E-state index in [9.17, 15) is 34.4 Å². The van der Waals surface area contributed by atoms with Gasteiger partial charge in [0.2, 0.25) is 0 Å². The first-order chi connectivity index (χ1) is 17.6. The SMILES string of the molecule is CC(=O)OCC1=C(C(=O)O)N2C(=O)C(NC(=O)c3ccc(COc4ccc(C)cc4[N+](=O)[O-])o3)C2SC1. The molecule has 0 spiro atoms. The molecule has 37 heavy (non-hydrogen) atoms. The minimum Gasteiger partial charge on any atom is -0.479 e. The molecule has 4 rings (SSSR count). The summed E-state index contributed by atoms with van der Waals surface area (Å²) in [4.78, 5) is 60.0. The number of nitrogens with zero attached hydrogens (tertiary/aromatic N) is 2. The zero-order valence-corrected chi connectivity index (χ0v) is 20.4. The molecule has 2 unspecified atom stereocenters. The molecule has 2 aliphatic heterocycles. The highest BCUT2D eigenvalue weighted by atomic mass is 32.2. The van der Waals surface area contributed by atoms with Gasteiger partial charge < -0.3 is 24.3 Å². The summed E-state index contributed by atoms with van der Waals surface area (Å²) in [5, 5.41) is 22.7. The average Bonchev–Trinajstić information content (AvgIpc) is 3.33. The van der Waals surface area contributed by atoms with E-state index in [0.717, 1.165) is 4.90 Å². The lowest BCUT2D eigenvalue weighted by atomic mass is 10.0. The van der Waals surface area contributed by atoms with Crippen molar-refractivity contribution in [2.75, 3.05) is 12.4 Å². The summed E-state index contributed by atoms with van der Waals surface area (Å²) in [6.45, 7) is 2.48. The van der Waals surface area contributed by atoms with Crippen molar-refractivity contribution in [3.05, 3.63) is 68.8 Å². The van der Waals surface area contributed by atoms with E-state index in [0.29, 0.717) is 5.56 Å². The van der Waals surface area contributed by atoms with E-state index in [1.54, 1.807) is 13.0 Å². The maximum Gasteiger partial charge on any atom is 0.352 e. The zero-order valence-electron chi connectivity index (χ0n) is 19.6. The number of rotatable bonds is 9. The molecule has 2 atom stereocenters. The van der Waals surface area contributed by atoms with Crippen molar-refractivity contribution in [3.63, 3.8) is 0 Å². The average molecular weight is 531 g/mol. The number of nitro benzene ring substituents is 1. The van der Waals surface area contributed by atoms with Crippen LogP contribution in [0.15, 0.2) is 46.0 Å². The number of fused-ring (bicyclic) bond motifs is 1. The number of benzene rings is 1. The van der Waals surface area contributed by atoms with E-state index >= 15 is 0 Å². The van der Waals surface area contributed by atoms with E-state index in [4.69, 9.17) is 13.9 Å². The summed E-state index contributed by atoms with van der Waals surface area (Å²) in [5.41, 5.74) is 0.519. The summed E-state index contributed by atoms with van der Waals surface area (Å²) in [7, 11) is 0. The van der Waals surface area contributed by atoms with Crippen molar-refractivity contribution in [3.8, 4) is 5.75 Å². The normalized spacial score (nSPS) is 18.5. The summed E-state index contributed by atoms with van der Waals surface area (Å²) in [5.74, 6) is -2.89. The molecule has 2 N–H and O–H groups in total. The zero-order chi connectivity index (χ0) is 26.9. The monoisotopic (exact) mass is 531 g/mol. The minimum atomic E-state index is -1.34. The number of carboxylic acids is 1. The third kappa shape index (κ3) is 5.28. The Morgan fingerprint density at radius 2 is 2.03 bits per heavy atom. The van der Waals surface area contributed by atoms with Gasteiger partial charge in [0.25, 0.3) is 11.8 Å². The number of hydrogen-bond donors (Lipinski definition) is 2. The van der Waals surface area contributed by atoms with Gasteiger partial charge in [-0.25, -0.2) is 4.79 Å². The van der Waals surface area contributed by atoms with Gasteiger partial charge in [0.05, 0.1) is 4.92 Å². The van der Waals surface area contributed by atoms with Gasteiger partial charge in [-0.05, 0) is 30.7 Å². The number of aliphatic carboxylic acids is 1. The number of nitro groups is 1. The lowest BCUT2D eigenvalue weighted by Crippen LogP contribution is -2.70. The number of amides is 2. The van der Waals surface area contributed by atoms with E-state index in [2.05, 4.69) is 5.32 Å². The molecule has 14 heteroatoms. The molecule has 2 amide bonds. The summed E-state index contributed by atoms with van der Waals surface area (Å²) in [6.07, 6.45) is 0. The van der Waals surface area contributed by atoms with Crippen molar-refractivity contribution < 1.29 is 43.1 Å². The molecule has 3 heterocycles. The van der Waals surface area contributed by atoms with Crippen molar-refractivity contribution >= 4 is 41.2 Å². The Labute approximate surface area is 213 Å². The smallest absolute Gasteiger partial charge is 0.352 e. The van der Waals surface area contributed by atoms with Crippen LogP contribution in [-0.2, 0) is 25.7 Å². The number of carbonyl (C=O) groups excluding carboxylic acids is 3. The fourth-order valence-corrected chi connectivity index (χ4v) is 5.14. The van der Waals surface area contributed by atoms with Crippen LogP contribution in [0.25, 0.3) is 0 Å². The number of furan rings is 1. The van der Waals surface area contributed by atoms with Crippen molar-refractivity contribution in [2.45, 2.75) is 31.9 Å². The number of ether oxygens (including phenoxy) is 2. The Morgan fingerprint density at radius 1 is 1.27 bits per heavy atom. The van der Waals surface area contributed by atoms with E-state index < -0.39 is 40.1 Å². The van der Waals surface area contributed by atoms with E-state index in [1.165, 1.54) is 43.0 Å². The van der Waals surface area contributed by atoms with Gasteiger partial charge >= 0.3 is 17.6 Å². The fraction of sp³-hybridized carbons (Fsp3) is 0.304. The molecule has 1 fully saturated rings. The fourth-order valence-electron chi connectivity index (χ4n) is 3.81. The molecule has 13 nitrogen and oxygen atoms in total. The highest BCUT2D eigenvalue weighted by Gasteiger charge is 2.54. The van der Waals surface area contributed by atoms with Gasteiger partial charge in [-0.1, -0.05) is 6.07 Å². The molecule has 1 saturated heterocycles. The van der Waals surface area contributed by atoms with Crippen LogP contribution in [0.4, 0.5) is 5.69 Å². The van der Waals surface area contributed by atoms with E-state index in [-0.39, 0.29) is 53.2 Å². The maximum atomic E-state index is 12.7. The molecule has 0 aliphatic carbocycles. The maximum absolute atomic E-state index is 12.7. The third-order valence-electron chi connectivity index (χ3n) is 5.55. The van der Waals surface area contributed by atoms with Crippen LogP contribution in [-0.4, -0.2) is 62.5 Å². The van der Waals surface area contributed by atoms with Gasteiger partial charge in [-0.3, -0.25) is 29.4 Å². The van der Waals surface area contributed by atoms with Gasteiger partial charge in [-0.2, -0.15) is 0 Å². The molecule has 0 saturated carbocycles. The molecule has 0 radical (unpaired) electrons. The second kappa shape index (κ2) is 10.3. The van der Waals surface area contributed by atoms with Crippen molar-refractivity contribution in [1.29, 1.82) is 0 Å². The molecule has 194 valence electrons. The second-order valence-electron chi connectivity index (χ2n) is 8.18. The number of thioether (sulfide) groups is 1. The highest BCUT2D eigenvalue weighted by Crippen LogP contribution is 2.40. The van der Waals surface area contributed by atoms with Gasteiger partial charge in [0, 0.05) is 24.3 Å². The first kappa shape index (κ1) is 25.8. The molecular formula is C23H21N3O10S. The Bertz CT molecular complexity index is 1330. The number of carbonyl (C=O) groups is 4. The van der Waals surface area contributed by atoms with Crippen LogP contribution in [0.5, 0.6) is 5.75 Å². The predicted molar refractivity (Wildman–Crippen MR) is 127 cm³/mol. The number of β-lactam (4-membered cyclic amide) rings is 1. The van der Waals surface area contributed by atoms with Crippen LogP contribution in [0.1, 0.15) is 28.8 Å². The highest BCUT2D eigenvalue weighted by molar-refractivity contribution is 8.00. The van der Waals surface area contributed by atoms with Crippen LogP contribution >= 0.6 is 11.8 Å². The largest absolute Gasteiger partial charge is 0.479 e. The first-order valence-electron chi connectivity index (χ1n) is 10.9. The van der Waals surface area contributed by atoms with Crippen LogP contribution in [0.2, 0.25) is 0 Å². The number of nitrogens with one attached hydrogen (secondary N) is 1. The van der Waals surface area contributed by atoms with Crippen LogP contribution < -0.4 is 10.1 Å². The molecule has 2 aliphatic rings. The number of hydrogen-bond acceptors (Lipinski definition) is 10. The summed E-state index contributed by atoms with van der Waals surface area (Å²) < 4.78 is 15.9. The van der Waals surface area contributed by atoms with Gasteiger partial charge in [0.1, 0.15) is 36.1 Å². The Kier molecular flexibility index (Phi) is 7.20. The standard InChI is InChI=1S/C23H21N3O10S/c1-11-3-5-16(15(7-11)26(32)33)35-9-14-4-6-17(36-14)20(28)24-18-21(29)25-19(23(30)31)13(8-34-12(2)27)10-37-22(18)25/h3-7,18,22H,8-10H2,1-2H3,(H,24,28)(H,30,31). The Morgan fingerprint density at radius 3 is 2.70 bits per heavy atom. The Hall–Kier alpha value is -4.33. The predicted octanol–water partition coefficient (Wildman–Crippen LogP) is 1.99. The Balaban J connectivity index is 1.39. The second-order valence-corrected chi connectivity index (χ2v) is 9.29. The first-order valence-corrected chi connectivity index (χ1v) is 11.9. The van der Waals surface area contributed by atoms with Gasteiger partial charge in [-0.15, -0.1) is 11.8 Å². The van der Waals surface area contributed by atoms with Crippen LogP contribution in [0, 0.1) is 17.0 Å². The molecule has 0 bridgehead atoms. The topological polar surface area (TPSA) is 179 Å². The molecule has 1 aromatic carbocycles.